The van der Waals surface area contributed by atoms with Gasteiger partial charge in [-0.15, -0.1) is 10.2 Å². The predicted octanol–water partition coefficient (Wildman–Crippen LogP) is -0.288. The van der Waals surface area contributed by atoms with Gasteiger partial charge in [0.25, 0.3) is 5.91 Å². The van der Waals surface area contributed by atoms with Crippen molar-refractivity contribution in [1.29, 1.82) is 0 Å². The van der Waals surface area contributed by atoms with Crippen molar-refractivity contribution in [3.05, 3.63) is 35.7 Å². The number of nitrogen functional groups attached to an aromatic ring is 1. The van der Waals surface area contributed by atoms with Crippen molar-refractivity contribution in [3.8, 4) is 0 Å². The summed E-state index contributed by atoms with van der Waals surface area (Å²) >= 11 is 0. The standard InChI is InChI=1S/C9H10N6O/c10-7-4-2-1-3-6(7)9(16)11-5-8-12-14-15-13-8/h1-4H,5,10H2,(H,11,16)(H,12,13,14,15). The first-order valence-corrected chi connectivity index (χ1v) is 4.62. The topological polar surface area (TPSA) is 110 Å². The highest BCUT2D eigenvalue weighted by molar-refractivity contribution is 5.98. The lowest BCUT2D eigenvalue weighted by atomic mass is 10.1. The third-order valence-electron chi connectivity index (χ3n) is 2.00. The second kappa shape index (κ2) is 4.39. The number of nitrogens with one attached hydrogen (secondary N) is 2. The number of aromatic nitrogens is 4. The number of carbonyl (C=O) groups excluding carboxylic acids is 1. The van der Waals surface area contributed by atoms with E-state index >= 15 is 0 Å². The lowest BCUT2D eigenvalue weighted by Gasteiger charge is -2.04. The molecule has 1 aromatic heterocycles. The number of hydrogen-bond acceptors (Lipinski definition) is 5. The number of amides is 1. The van der Waals surface area contributed by atoms with Crippen molar-refractivity contribution >= 4 is 11.6 Å². The summed E-state index contributed by atoms with van der Waals surface area (Å²) in [7, 11) is 0. The van der Waals surface area contributed by atoms with Crippen LogP contribution in [0.15, 0.2) is 24.3 Å². The van der Waals surface area contributed by atoms with Crippen LogP contribution in [0, 0.1) is 0 Å². The Balaban J connectivity index is 2.01. The molecule has 0 aliphatic rings. The summed E-state index contributed by atoms with van der Waals surface area (Å²) in [5.41, 5.74) is 6.53. The fraction of sp³-hybridized carbons (Fsp3) is 0.111. The first-order chi connectivity index (χ1) is 7.77. The van der Waals surface area contributed by atoms with Crippen molar-refractivity contribution in [1.82, 2.24) is 25.9 Å². The van der Waals surface area contributed by atoms with Gasteiger partial charge in [-0.25, -0.2) is 0 Å². The Labute approximate surface area is 91.0 Å². The van der Waals surface area contributed by atoms with E-state index in [4.69, 9.17) is 5.73 Å². The molecule has 4 N–H and O–H groups in total. The van der Waals surface area contributed by atoms with Crippen LogP contribution in [0.25, 0.3) is 0 Å². The number of hydrogen-bond donors (Lipinski definition) is 3. The van der Waals surface area contributed by atoms with Crippen molar-refractivity contribution in [3.63, 3.8) is 0 Å². The van der Waals surface area contributed by atoms with E-state index in [0.717, 1.165) is 0 Å². The summed E-state index contributed by atoms with van der Waals surface area (Å²) in [6.45, 7) is 0.212. The highest BCUT2D eigenvalue weighted by Crippen LogP contribution is 2.09. The number of benzene rings is 1. The van der Waals surface area contributed by atoms with Crippen LogP contribution in [0.3, 0.4) is 0 Å². The zero-order valence-electron chi connectivity index (χ0n) is 8.34. The van der Waals surface area contributed by atoms with Crippen LogP contribution in [0.1, 0.15) is 16.2 Å². The molecule has 2 aromatic rings. The molecule has 0 aliphatic heterocycles. The molecule has 0 saturated carbocycles. The normalized spacial score (nSPS) is 10.0. The fourth-order valence-electron chi connectivity index (χ4n) is 1.22. The monoisotopic (exact) mass is 218 g/mol. The van der Waals surface area contributed by atoms with Crippen LogP contribution < -0.4 is 11.1 Å². The first-order valence-electron chi connectivity index (χ1n) is 4.62. The van der Waals surface area contributed by atoms with E-state index in [1.807, 2.05) is 0 Å². The Morgan fingerprint density at radius 3 is 2.94 bits per heavy atom. The second-order valence-corrected chi connectivity index (χ2v) is 3.10. The molecule has 0 atom stereocenters. The van der Waals surface area contributed by atoms with Gasteiger partial charge in [0, 0.05) is 5.69 Å². The quantitative estimate of drug-likeness (QED) is 0.613. The number of nitrogens with zero attached hydrogens (tertiary/aromatic N) is 3. The number of anilines is 1. The number of para-hydroxylation sites is 1. The van der Waals surface area contributed by atoms with Gasteiger partial charge in [0.2, 0.25) is 0 Å². The zero-order valence-corrected chi connectivity index (χ0v) is 8.34. The molecule has 0 radical (unpaired) electrons. The summed E-state index contributed by atoms with van der Waals surface area (Å²) in [5, 5.41) is 15.7. The maximum Gasteiger partial charge on any atom is 0.253 e. The molecule has 1 aromatic carbocycles. The SMILES string of the molecule is Nc1ccccc1C(=O)NCc1nn[nH]n1. The second-order valence-electron chi connectivity index (χ2n) is 3.10. The zero-order chi connectivity index (χ0) is 11.4. The molecule has 0 bridgehead atoms. The lowest BCUT2D eigenvalue weighted by molar-refractivity contribution is 0.0951. The third kappa shape index (κ3) is 2.14. The number of carbonyl (C=O) groups is 1. The summed E-state index contributed by atoms with van der Waals surface area (Å²) in [4.78, 5) is 11.7. The van der Waals surface area contributed by atoms with E-state index in [0.29, 0.717) is 17.1 Å². The maximum atomic E-state index is 11.7. The Kier molecular flexibility index (Phi) is 2.77. The Morgan fingerprint density at radius 2 is 2.25 bits per heavy atom. The number of rotatable bonds is 3. The molecule has 0 spiro atoms. The van der Waals surface area contributed by atoms with Gasteiger partial charge in [-0.1, -0.05) is 17.3 Å². The van der Waals surface area contributed by atoms with E-state index in [-0.39, 0.29) is 12.5 Å². The van der Waals surface area contributed by atoms with Crippen LogP contribution in [0.5, 0.6) is 0 Å². The molecule has 0 aliphatic carbocycles. The van der Waals surface area contributed by atoms with Crippen molar-refractivity contribution in [2.24, 2.45) is 0 Å². The predicted molar refractivity (Wildman–Crippen MR) is 56.2 cm³/mol. The minimum atomic E-state index is -0.261. The van der Waals surface area contributed by atoms with Crippen molar-refractivity contribution in [2.75, 3.05) is 5.73 Å². The molecule has 2 rings (SSSR count). The summed E-state index contributed by atoms with van der Waals surface area (Å²) < 4.78 is 0. The summed E-state index contributed by atoms with van der Waals surface area (Å²) in [6.07, 6.45) is 0. The van der Waals surface area contributed by atoms with E-state index in [9.17, 15) is 4.79 Å². The third-order valence-corrected chi connectivity index (χ3v) is 2.00. The van der Waals surface area contributed by atoms with Crippen LogP contribution >= 0.6 is 0 Å². The van der Waals surface area contributed by atoms with E-state index in [1.165, 1.54) is 0 Å². The molecule has 0 unspecified atom stereocenters. The molecule has 7 heteroatoms. The van der Waals surface area contributed by atoms with Crippen LogP contribution in [-0.2, 0) is 6.54 Å². The van der Waals surface area contributed by atoms with Crippen molar-refractivity contribution in [2.45, 2.75) is 6.54 Å². The van der Waals surface area contributed by atoms with E-state index < -0.39 is 0 Å². The number of aromatic amines is 1. The Hall–Kier alpha value is -2.44. The largest absolute Gasteiger partial charge is 0.398 e. The number of nitrogens with two attached hydrogens (primary N) is 1. The molecular weight excluding hydrogens is 208 g/mol. The van der Waals surface area contributed by atoms with Gasteiger partial charge in [-0.05, 0) is 12.1 Å². The van der Waals surface area contributed by atoms with Gasteiger partial charge in [-0.2, -0.15) is 5.21 Å². The minimum Gasteiger partial charge on any atom is -0.398 e. The summed E-state index contributed by atoms with van der Waals surface area (Å²) in [5.74, 6) is 0.158. The lowest BCUT2D eigenvalue weighted by Crippen LogP contribution is -2.24. The van der Waals surface area contributed by atoms with E-state index in [1.54, 1.807) is 24.3 Å². The van der Waals surface area contributed by atoms with Gasteiger partial charge >= 0.3 is 0 Å². The van der Waals surface area contributed by atoms with Gasteiger partial charge < -0.3 is 11.1 Å². The number of H-pyrrole nitrogens is 1. The van der Waals surface area contributed by atoms with Gasteiger partial charge in [0.15, 0.2) is 5.82 Å². The molecular formula is C9H10N6O. The fourth-order valence-corrected chi connectivity index (χ4v) is 1.22. The summed E-state index contributed by atoms with van der Waals surface area (Å²) in [6, 6.07) is 6.84. The van der Waals surface area contributed by atoms with Crippen LogP contribution in [0.2, 0.25) is 0 Å². The van der Waals surface area contributed by atoms with Gasteiger partial charge in [-0.3, -0.25) is 4.79 Å². The van der Waals surface area contributed by atoms with Gasteiger partial charge in [0.1, 0.15) is 0 Å². The Morgan fingerprint density at radius 1 is 1.44 bits per heavy atom. The molecule has 0 fully saturated rings. The van der Waals surface area contributed by atoms with E-state index in [2.05, 4.69) is 25.9 Å². The first kappa shape index (κ1) is 10.1. The highest BCUT2D eigenvalue weighted by Gasteiger charge is 2.09. The van der Waals surface area contributed by atoms with Crippen molar-refractivity contribution < 1.29 is 4.79 Å². The Bertz CT molecular complexity index is 481. The highest BCUT2D eigenvalue weighted by atomic mass is 16.1. The molecule has 0 saturated heterocycles. The van der Waals surface area contributed by atoms with Crippen LogP contribution in [-0.4, -0.2) is 26.5 Å². The molecule has 1 amide bonds. The van der Waals surface area contributed by atoms with Gasteiger partial charge in [0.05, 0.1) is 12.1 Å². The molecule has 7 nitrogen and oxygen atoms in total. The number of tetrazole rings is 1. The minimum absolute atomic E-state index is 0.212. The average molecular weight is 218 g/mol. The smallest absolute Gasteiger partial charge is 0.253 e. The average Bonchev–Trinajstić information content (AvgIpc) is 2.79. The molecule has 82 valence electrons. The maximum absolute atomic E-state index is 11.7. The molecule has 16 heavy (non-hydrogen) atoms. The van der Waals surface area contributed by atoms with Crippen LogP contribution in [0.4, 0.5) is 5.69 Å². The molecule has 1 heterocycles.